The minimum absolute atomic E-state index is 0.0680. The fourth-order valence-corrected chi connectivity index (χ4v) is 9.96. The van der Waals surface area contributed by atoms with Crippen molar-refractivity contribution in [3.8, 4) is 0 Å². The minimum Gasteiger partial charge on any atom is -0.445 e. The second-order valence-electron chi connectivity index (χ2n) is 21.2. The van der Waals surface area contributed by atoms with Crippen molar-refractivity contribution < 1.29 is 52.3 Å². The first kappa shape index (κ1) is 60.1. The van der Waals surface area contributed by atoms with Crippen LogP contribution in [0, 0.1) is 11.7 Å². The second-order valence-corrected chi connectivity index (χ2v) is 21.2. The molecule has 81 heavy (non-hydrogen) atoms. The number of unbranched alkanes of at least 4 members (excludes halogenated alkanes) is 2. The third kappa shape index (κ3) is 15.9. The quantitative estimate of drug-likeness (QED) is 0.0387. The predicted molar refractivity (Wildman–Crippen MR) is 300 cm³/mol. The van der Waals surface area contributed by atoms with E-state index in [2.05, 4.69) is 36.6 Å². The average Bonchev–Trinajstić information content (AvgIpc) is 4.36. The highest BCUT2D eigenvalue weighted by molar-refractivity contribution is 6.13. The molecule has 0 saturated heterocycles. The third-order valence-electron chi connectivity index (χ3n) is 14.5. The van der Waals surface area contributed by atoms with Crippen molar-refractivity contribution in [3.63, 3.8) is 0 Å². The number of imide groups is 1. The van der Waals surface area contributed by atoms with Gasteiger partial charge in [-0.05, 0) is 110 Å². The van der Waals surface area contributed by atoms with Crippen LogP contribution in [0.1, 0.15) is 126 Å². The van der Waals surface area contributed by atoms with Gasteiger partial charge < -0.3 is 52.6 Å². The number of aliphatic imine (C=N–C) groups is 1. The Labute approximate surface area is 470 Å². The standard InChI is InChI=1S/C58H73FN12O10/c1-5-23-69(24-6-2)54(77)37-28-42-43(59)30-39(31-46(42)66-47(60)29-37)58(20-21-58)55(78)65-41-27-38-33-70(26-19-44(38)63-32-41)57(80)81-34-36-13-15-40(16-14-36)64-52(75)45(11-10-22-62-56(61)79)67-53(76)51(35(3)4)68-48(72)12-8-7-9-25-71-49(73)17-18-50(71)74/h13-18,27-28,30-32,35,45,51H,5-12,19-26,29,33-34H2,1-4H3,(H2,60,66)(H,64,75)(H,65,78)(H,67,76)(H,68,72)(H3,61,62,79)/t45-,51-/m0/s1. The van der Waals surface area contributed by atoms with Gasteiger partial charge >= 0.3 is 12.1 Å². The number of pyridine rings is 1. The number of nitrogens with one attached hydrogen (secondary N) is 5. The molecular weight excluding hydrogens is 1040 g/mol. The molecule has 3 aliphatic heterocycles. The molecule has 23 heteroatoms. The van der Waals surface area contributed by atoms with E-state index in [1.807, 2.05) is 13.8 Å². The highest BCUT2D eigenvalue weighted by Gasteiger charge is 2.52. The van der Waals surface area contributed by atoms with Crippen LogP contribution in [0.4, 0.5) is 31.0 Å². The Morgan fingerprint density at radius 3 is 2.26 bits per heavy atom. The molecule has 432 valence electrons. The zero-order valence-corrected chi connectivity index (χ0v) is 46.4. The van der Waals surface area contributed by atoms with E-state index >= 15 is 4.39 Å². The lowest BCUT2D eigenvalue weighted by atomic mass is 9.92. The van der Waals surface area contributed by atoms with Crippen LogP contribution >= 0.6 is 0 Å². The van der Waals surface area contributed by atoms with Crippen molar-refractivity contribution in [2.75, 3.05) is 43.4 Å². The lowest BCUT2D eigenvalue weighted by Crippen LogP contribution is -2.54. The van der Waals surface area contributed by atoms with Gasteiger partial charge in [-0.2, -0.15) is 0 Å². The van der Waals surface area contributed by atoms with Crippen molar-refractivity contribution in [2.24, 2.45) is 22.4 Å². The number of anilines is 2. The Morgan fingerprint density at radius 1 is 0.877 bits per heavy atom. The fourth-order valence-electron chi connectivity index (χ4n) is 9.96. The Balaban J connectivity index is 0.904. The Kier molecular flexibility index (Phi) is 20.5. The maximum absolute atomic E-state index is 16.0. The molecule has 3 aromatic rings. The van der Waals surface area contributed by atoms with Crippen LogP contribution in [-0.2, 0) is 63.3 Å². The van der Waals surface area contributed by atoms with Crippen LogP contribution < -0.4 is 38.1 Å². The Bertz CT molecular complexity index is 2970. The minimum atomic E-state index is -1.07. The van der Waals surface area contributed by atoms with Crippen LogP contribution in [0.5, 0.6) is 0 Å². The lowest BCUT2D eigenvalue weighted by Gasteiger charge is -2.28. The molecule has 0 spiro atoms. The number of hydrogen-bond donors (Lipinski definition) is 7. The zero-order chi connectivity index (χ0) is 58.4. The number of carbonyl (C=O) groups excluding carboxylic acids is 9. The van der Waals surface area contributed by atoms with Gasteiger partial charge in [0.1, 0.15) is 30.3 Å². The summed E-state index contributed by atoms with van der Waals surface area (Å²) in [7, 11) is 0. The number of ether oxygens (including phenoxy) is 1. The van der Waals surface area contributed by atoms with Crippen LogP contribution in [0.15, 0.2) is 71.4 Å². The molecular formula is C58H73FN12O10. The number of urea groups is 1. The molecule has 1 saturated carbocycles. The lowest BCUT2D eigenvalue weighted by molar-refractivity contribution is -0.137. The van der Waals surface area contributed by atoms with Gasteiger partial charge in [0.2, 0.25) is 29.5 Å². The number of rotatable bonds is 26. The van der Waals surface area contributed by atoms with E-state index in [0.29, 0.717) is 91.8 Å². The van der Waals surface area contributed by atoms with Crippen LogP contribution in [0.3, 0.4) is 0 Å². The summed E-state index contributed by atoms with van der Waals surface area (Å²) in [5, 5.41) is 13.8. The summed E-state index contributed by atoms with van der Waals surface area (Å²) >= 11 is 0. The second kappa shape index (κ2) is 27.6. The monoisotopic (exact) mass is 1120 g/mol. The number of nitrogens with two attached hydrogens (primary N) is 2. The van der Waals surface area contributed by atoms with E-state index in [1.54, 1.807) is 61.3 Å². The molecule has 0 radical (unpaired) electrons. The van der Waals surface area contributed by atoms with E-state index in [1.165, 1.54) is 29.2 Å². The summed E-state index contributed by atoms with van der Waals surface area (Å²) in [6.45, 7) is 9.42. The molecule has 2 atom stereocenters. The van der Waals surface area contributed by atoms with Crippen molar-refractivity contribution in [3.05, 3.63) is 100 Å². The van der Waals surface area contributed by atoms with Gasteiger partial charge in [-0.1, -0.05) is 46.2 Å². The van der Waals surface area contributed by atoms with Crippen LogP contribution in [-0.4, -0.2) is 124 Å². The predicted octanol–water partition coefficient (Wildman–Crippen LogP) is 5.51. The molecule has 1 aromatic heterocycles. The number of amides is 10. The summed E-state index contributed by atoms with van der Waals surface area (Å²) in [6.07, 6.45) is 9.99. The molecule has 0 bridgehead atoms. The van der Waals surface area contributed by atoms with E-state index in [0.717, 1.165) is 23.4 Å². The Morgan fingerprint density at radius 2 is 1.59 bits per heavy atom. The third-order valence-corrected chi connectivity index (χ3v) is 14.5. The Hall–Kier alpha value is -8.50. The molecule has 7 rings (SSSR count). The SMILES string of the molecule is CCCN(CCC)C(=O)C1=Cc2c(F)cc(C3(C(=O)Nc4cnc5c(c4)CN(C(=O)OCc4ccc(NC(=O)[C@H](CCCNC(N)=O)NC(=O)[C@@H](NC(=O)CCCCCN6C(=O)C=CC6=O)C(C)C)cc4)CC5)CC3)cc2N=C(N)C1. The van der Waals surface area contributed by atoms with Gasteiger partial charge in [0, 0.05) is 86.7 Å². The number of nitrogens with zero attached hydrogens (tertiary/aromatic N) is 5. The average molecular weight is 1120 g/mol. The molecule has 9 N–H and O–H groups in total. The number of fused-ring (bicyclic) bond motifs is 2. The number of benzene rings is 2. The largest absolute Gasteiger partial charge is 0.445 e. The van der Waals surface area contributed by atoms with E-state index in [-0.39, 0.29) is 104 Å². The van der Waals surface area contributed by atoms with E-state index in [4.69, 9.17) is 16.2 Å². The topological polar surface area (TPSA) is 310 Å². The molecule has 0 unspecified atom stereocenters. The maximum atomic E-state index is 16.0. The number of carbonyl (C=O) groups is 9. The van der Waals surface area contributed by atoms with E-state index < -0.39 is 47.3 Å². The maximum Gasteiger partial charge on any atom is 0.410 e. The molecule has 4 aliphatic rings. The first-order valence-electron chi connectivity index (χ1n) is 27.7. The van der Waals surface area contributed by atoms with Gasteiger partial charge in [0.25, 0.3) is 11.8 Å². The summed E-state index contributed by atoms with van der Waals surface area (Å²) < 4.78 is 21.7. The highest BCUT2D eigenvalue weighted by Crippen LogP contribution is 2.51. The summed E-state index contributed by atoms with van der Waals surface area (Å²) in [5.74, 6) is -3.58. The van der Waals surface area contributed by atoms with Crippen molar-refractivity contribution in [2.45, 2.75) is 135 Å². The normalized spacial score (nSPS) is 15.7. The summed E-state index contributed by atoms with van der Waals surface area (Å²) in [5.41, 5.74) is 14.6. The van der Waals surface area contributed by atoms with Gasteiger partial charge in [-0.25, -0.2) is 19.0 Å². The van der Waals surface area contributed by atoms with Crippen molar-refractivity contribution >= 4 is 82.4 Å². The van der Waals surface area contributed by atoms with E-state index in [9.17, 15) is 43.2 Å². The highest BCUT2D eigenvalue weighted by atomic mass is 19.1. The number of amidine groups is 1. The number of hydrogen-bond acceptors (Lipinski definition) is 13. The molecule has 10 amide bonds. The van der Waals surface area contributed by atoms with Gasteiger partial charge in [-0.15, -0.1) is 0 Å². The van der Waals surface area contributed by atoms with Crippen LogP contribution in [0.25, 0.3) is 6.08 Å². The fraction of sp³-hybridized carbons (Fsp3) is 0.466. The molecule has 2 aromatic carbocycles. The summed E-state index contributed by atoms with van der Waals surface area (Å²) in [6, 6.07) is 8.56. The van der Waals surface area contributed by atoms with Gasteiger partial charge in [0.15, 0.2) is 0 Å². The van der Waals surface area contributed by atoms with Gasteiger partial charge in [-0.3, -0.25) is 43.4 Å². The molecule has 4 heterocycles. The number of aromatic nitrogens is 1. The van der Waals surface area contributed by atoms with Gasteiger partial charge in [0.05, 0.1) is 29.5 Å². The van der Waals surface area contributed by atoms with Crippen molar-refractivity contribution in [1.82, 2.24) is 35.6 Å². The smallest absolute Gasteiger partial charge is 0.410 e. The number of primary amides is 1. The molecule has 1 fully saturated rings. The van der Waals surface area contributed by atoms with Crippen molar-refractivity contribution in [1.29, 1.82) is 0 Å². The summed E-state index contributed by atoms with van der Waals surface area (Å²) in [4.78, 5) is 130. The first-order chi connectivity index (χ1) is 38.8. The first-order valence-corrected chi connectivity index (χ1v) is 27.7. The zero-order valence-electron chi connectivity index (χ0n) is 46.4. The molecule has 22 nitrogen and oxygen atoms in total. The molecule has 1 aliphatic carbocycles. The van der Waals surface area contributed by atoms with Crippen LogP contribution in [0.2, 0.25) is 0 Å². The number of halogens is 1.